The molecule has 0 aliphatic carbocycles. The van der Waals surface area contributed by atoms with E-state index < -0.39 is 0 Å². The minimum absolute atomic E-state index is 0.194. The van der Waals surface area contributed by atoms with Crippen LogP contribution < -0.4 is 10.6 Å². The molecule has 5 nitrogen and oxygen atoms in total. The zero-order valence-corrected chi connectivity index (χ0v) is 10.8. The largest absolute Gasteiger partial charge is 0.360 e. The third kappa shape index (κ3) is 3.27. The Bertz CT molecular complexity index is 512. The number of nitrogens with one attached hydrogen (secondary N) is 2. The first kappa shape index (κ1) is 12.5. The Morgan fingerprint density at radius 1 is 1.28 bits per heavy atom. The predicted octanol–water partition coefficient (Wildman–Crippen LogP) is 1.90. The Hall–Kier alpha value is -1.95. The maximum atomic E-state index is 11.8. The molecule has 0 saturated heterocycles. The summed E-state index contributed by atoms with van der Waals surface area (Å²) >= 11 is 1.26. The normalized spacial score (nSPS) is 10.1. The number of carbonyl (C=O) groups excluding carboxylic acids is 1. The maximum absolute atomic E-state index is 11.8. The molecule has 0 atom stereocenters. The van der Waals surface area contributed by atoms with E-state index in [2.05, 4.69) is 20.8 Å². The molecule has 2 N–H and O–H groups in total. The van der Waals surface area contributed by atoms with Crippen molar-refractivity contribution in [1.82, 2.24) is 15.5 Å². The summed E-state index contributed by atoms with van der Waals surface area (Å²) in [6.45, 7) is 3.23. The summed E-state index contributed by atoms with van der Waals surface area (Å²) in [4.78, 5) is 11.8. The van der Waals surface area contributed by atoms with Gasteiger partial charge < -0.3 is 10.6 Å². The van der Waals surface area contributed by atoms with Crippen LogP contribution >= 0.6 is 11.3 Å². The lowest BCUT2D eigenvalue weighted by molar-refractivity contribution is 0.0950. The Morgan fingerprint density at radius 3 is 2.78 bits per heavy atom. The van der Waals surface area contributed by atoms with E-state index in [0.29, 0.717) is 16.7 Å². The number of hydrogen-bond acceptors (Lipinski definition) is 5. The topological polar surface area (TPSA) is 66.9 Å². The molecule has 2 rings (SSSR count). The van der Waals surface area contributed by atoms with Crippen LogP contribution in [-0.2, 0) is 6.54 Å². The lowest BCUT2D eigenvalue weighted by Crippen LogP contribution is -2.22. The zero-order valence-electron chi connectivity index (χ0n) is 10.0. The van der Waals surface area contributed by atoms with Gasteiger partial charge in [0.05, 0.1) is 0 Å². The number of rotatable bonds is 5. The first-order valence-electron chi connectivity index (χ1n) is 5.69. The fourth-order valence-electron chi connectivity index (χ4n) is 1.39. The number of hydrogen-bond donors (Lipinski definition) is 2. The minimum Gasteiger partial charge on any atom is -0.360 e. The monoisotopic (exact) mass is 262 g/mol. The second kappa shape index (κ2) is 6.11. The third-order valence-electron chi connectivity index (χ3n) is 2.24. The van der Waals surface area contributed by atoms with Gasteiger partial charge in [-0.2, -0.15) is 0 Å². The van der Waals surface area contributed by atoms with Crippen molar-refractivity contribution in [2.75, 3.05) is 11.9 Å². The summed E-state index contributed by atoms with van der Waals surface area (Å²) in [5.41, 5.74) is 1.06. The van der Waals surface area contributed by atoms with Gasteiger partial charge in [-0.1, -0.05) is 41.7 Å². The second-order valence-corrected chi connectivity index (χ2v) is 4.59. The van der Waals surface area contributed by atoms with Crippen molar-refractivity contribution in [3.8, 4) is 0 Å². The smallest absolute Gasteiger partial charge is 0.282 e. The van der Waals surface area contributed by atoms with E-state index in [1.54, 1.807) is 0 Å². The lowest BCUT2D eigenvalue weighted by atomic mass is 10.2. The molecule has 0 fully saturated rings. The van der Waals surface area contributed by atoms with Gasteiger partial charge in [0.15, 0.2) is 0 Å². The molecule has 6 heteroatoms. The first-order chi connectivity index (χ1) is 8.79. The molecular formula is C12H14N4OS. The van der Waals surface area contributed by atoms with E-state index in [1.807, 2.05) is 37.3 Å². The minimum atomic E-state index is -0.194. The van der Waals surface area contributed by atoms with Crippen LogP contribution in [0.5, 0.6) is 0 Å². The van der Waals surface area contributed by atoms with Gasteiger partial charge in [0, 0.05) is 13.1 Å². The molecule has 1 amide bonds. The first-order valence-corrected chi connectivity index (χ1v) is 6.50. The maximum Gasteiger partial charge on any atom is 0.282 e. The number of amides is 1. The Balaban J connectivity index is 1.91. The summed E-state index contributed by atoms with van der Waals surface area (Å²) in [5.74, 6) is -0.194. The molecule has 0 unspecified atom stereocenters. The molecule has 0 aliphatic heterocycles. The van der Waals surface area contributed by atoms with Crippen LogP contribution in [0.1, 0.15) is 22.3 Å². The van der Waals surface area contributed by atoms with Crippen LogP contribution in [0, 0.1) is 0 Å². The summed E-state index contributed by atoms with van der Waals surface area (Å²) in [5, 5.41) is 14.6. The SMILES string of the molecule is CCNc1nnc(C(=O)NCc2ccccc2)s1. The van der Waals surface area contributed by atoms with E-state index in [0.717, 1.165) is 12.1 Å². The van der Waals surface area contributed by atoms with Crippen LogP contribution in [0.25, 0.3) is 0 Å². The molecule has 18 heavy (non-hydrogen) atoms. The summed E-state index contributed by atoms with van der Waals surface area (Å²) in [7, 11) is 0. The van der Waals surface area contributed by atoms with Crippen molar-refractivity contribution in [3.05, 3.63) is 40.9 Å². The number of carbonyl (C=O) groups is 1. The van der Waals surface area contributed by atoms with E-state index in [-0.39, 0.29) is 5.91 Å². The molecular weight excluding hydrogens is 248 g/mol. The number of aromatic nitrogens is 2. The van der Waals surface area contributed by atoms with Crippen molar-refractivity contribution >= 4 is 22.4 Å². The summed E-state index contributed by atoms with van der Waals surface area (Å²) in [6, 6.07) is 9.75. The Kier molecular flexibility index (Phi) is 4.25. The van der Waals surface area contributed by atoms with Crippen LogP contribution in [0.15, 0.2) is 30.3 Å². The lowest BCUT2D eigenvalue weighted by Gasteiger charge is -2.02. The standard InChI is InChI=1S/C12H14N4OS/c1-2-13-12-16-15-11(18-12)10(17)14-8-9-6-4-3-5-7-9/h3-7H,2,8H2,1H3,(H,13,16)(H,14,17). The second-order valence-electron chi connectivity index (χ2n) is 3.61. The number of nitrogens with zero attached hydrogens (tertiary/aromatic N) is 2. The highest BCUT2D eigenvalue weighted by Crippen LogP contribution is 2.14. The molecule has 0 spiro atoms. The molecule has 94 valence electrons. The summed E-state index contributed by atoms with van der Waals surface area (Å²) in [6.07, 6.45) is 0. The molecule has 0 saturated carbocycles. The fourth-order valence-corrected chi connectivity index (χ4v) is 2.12. The Morgan fingerprint density at radius 2 is 2.06 bits per heavy atom. The fraction of sp³-hybridized carbons (Fsp3) is 0.250. The van der Waals surface area contributed by atoms with Gasteiger partial charge in [-0.25, -0.2) is 0 Å². The molecule has 1 aromatic heterocycles. The van der Waals surface area contributed by atoms with E-state index in [1.165, 1.54) is 11.3 Å². The Labute approximate surface area is 109 Å². The molecule has 1 aromatic carbocycles. The highest BCUT2D eigenvalue weighted by atomic mass is 32.1. The van der Waals surface area contributed by atoms with Crippen LogP contribution in [0.4, 0.5) is 5.13 Å². The highest BCUT2D eigenvalue weighted by molar-refractivity contribution is 7.17. The highest BCUT2D eigenvalue weighted by Gasteiger charge is 2.11. The van der Waals surface area contributed by atoms with E-state index in [4.69, 9.17) is 0 Å². The van der Waals surface area contributed by atoms with E-state index >= 15 is 0 Å². The van der Waals surface area contributed by atoms with Crippen LogP contribution in [0.2, 0.25) is 0 Å². The van der Waals surface area contributed by atoms with Crippen molar-refractivity contribution in [2.24, 2.45) is 0 Å². The molecule has 1 heterocycles. The van der Waals surface area contributed by atoms with Gasteiger partial charge in [-0.05, 0) is 12.5 Å². The van der Waals surface area contributed by atoms with Crippen molar-refractivity contribution in [3.63, 3.8) is 0 Å². The number of benzene rings is 1. The molecule has 0 bridgehead atoms. The van der Waals surface area contributed by atoms with Crippen molar-refractivity contribution in [1.29, 1.82) is 0 Å². The quantitative estimate of drug-likeness (QED) is 0.863. The van der Waals surface area contributed by atoms with Crippen molar-refractivity contribution in [2.45, 2.75) is 13.5 Å². The average Bonchev–Trinajstić information content (AvgIpc) is 2.86. The van der Waals surface area contributed by atoms with Crippen LogP contribution in [0.3, 0.4) is 0 Å². The van der Waals surface area contributed by atoms with Gasteiger partial charge in [0.2, 0.25) is 10.1 Å². The molecule has 0 aliphatic rings. The molecule has 2 aromatic rings. The van der Waals surface area contributed by atoms with Gasteiger partial charge in [0.1, 0.15) is 0 Å². The van der Waals surface area contributed by atoms with Gasteiger partial charge in [0.25, 0.3) is 5.91 Å². The molecule has 0 radical (unpaired) electrons. The number of anilines is 1. The zero-order chi connectivity index (χ0) is 12.8. The predicted molar refractivity (Wildman–Crippen MR) is 71.7 cm³/mol. The third-order valence-corrected chi connectivity index (χ3v) is 3.12. The average molecular weight is 262 g/mol. The van der Waals surface area contributed by atoms with Crippen molar-refractivity contribution < 1.29 is 4.79 Å². The van der Waals surface area contributed by atoms with Gasteiger partial charge in [-0.3, -0.25) is 4.79 Å². The van der Waals surface area contributed by atoms with Gasteiger partial charge in [-0.15, -0.1) is 10.2 Å². The summed E-state index contributed by atoms with van der Waals surface area (Å²) < 4.78 is 0. The van der Waals surface area contributed by atoms with Gasteiger partial charge >= 0.3 is 0 Å². The van der Waals surface area contributed by atoms with Crippen LogP contribution in [-0.4, -0.2) is 22.6 Å². The van der Waals surface area contributed by atoms with E-state index in [9.17, 15) is 4.79 Å².